The minimum absolute atomic E-state index is 0.212. The van der Waals surface area contributed by atoms with Crippen LogP contribution in [0.15, 0.2) is 73.7 Å². The Labute approximate surface area is 272 Å². The molecule has 1 saturated heterocycles. The Balaban J connectivity index is 1.46. The first kappa shape index (κ1) is 33.2. The van der Waals surface area contributed by atoms with Gasteiger partial charge in [0.15, 0.2) is 12.1 Å². The maximum atomic E-state index is 12.8. The third-order valence-corrected chi connectivity index (χ3v) is 8.74. The van der Waals surface area contributed by atoms with Crippen LogP contribution in [0.4, 0.5) is 0 Å². The zero-order valence-electron chi connectivity index (χ0n) is 27.9. The highest BCUT2D eigenvalue weighted by Crippen LogP contribution is 2.41. The Kier molecular flexibility index (Phi) is 9.88. The smallest absolute Gasteiger partial charge is 0.354 e. The number of rotatable bonds is 13. The molecule has 2 aliphatic heterocycles. The quantitative estimate of drug-likeness (QED) is 0.210. The summed E-state index contributed by atoms with van der Waals surface area (Å²) in [7, 11) is 0. The predicted octanol–water partition coefficient (Wildman–Crippen LogP) is 6.65. The molecular formula is C36H48N6O4. The van der Waals surface area contributed by atoms with Crippen molar-refractivity contribution in [3.8, 4) is 11.6 Å². The van der Waals surface area contributed by atoms with Crippen molar-refractivity contribution < 1.29 is 19.4 Å². The molecule has 1 N–H and O–H groups in total. The fourth-order valence-corrected chi connectivity index (χ4v) is 6.29. The first-order chi connectivity index (χ1) is 21.9. The Morgan fingerprint density at radius 2 is 1.93 bits per heavy atom. The number of nitrogens with zero attached hydrogens (tertiary/aromatic N) is 6. The molecule has 1 fully saturated rings. The van der Waals surface area contributed by atoms with Gasteiger partial charge in [0.2, 0.25) is 6.23 Å². The van der Waals surface area contributed by atoms with E-state index >= 15 is 0 Å². The molecule has 0 aliphatic carbocycles. The van der Waals surface area contributed by atoms with Crippen molar-refractivity contribution in [2.24, 2.45) is 5.41 Å². The van der Waals surface area contributed by atoms with Gasteiger partial charge in [0.1, 0.15) is 12.4 Å². The van der Waals surface area contributed by atoms with Crippen LogP contribution in [0.5, 0.6) is 5.75 Å². The van der Waals surface area contributed by atoms with E-state index < -0.39 is 24.1 Å². The molecule has 2 aliphatic rings. The van der Waals surface area contributed by atoms with Gasteiger partial charge in [-0.25, -0.2) is 14.2 Å². The normalized spacial score (nSPS) is 18.8. The molecule has 0 saturated carbocycles. The highest BCUT2D eigenvalue weighted by atomic mass is 16.5. The van der Waals surface area contributed by atoms with Gasteiger partial charge in [-0.1, -0.05) is 37.8 Å². The van der Waals surface area contributed by atoms with Gasteiger partial charge in [0, 0.05) is 37.5 Å². The number of allylic oxidation sites excluding steroid dienone is 2. The molecule has 4 heterocycles. The van der Waals surface area contributed by atoms with Gasteiger partial charge in [0.05, 0.1) is 17.5 Å². The largest absolute Gasteiger partial charge is 0.490 e. The lowest BCUT2D eigenvalue weighted by molar-refractivity contribution is -0.199. The second-order valence-electron chi connectivity index (χ2n) is 13.7. The second kappa shape index (κ2) is 13.7. The predicted molar refractivity (Wildman–Crippen MR) is 179 cm³/mol. The maximum absolute atomic E-state index is 12.8. The Hall–Kier alpha value is -4.15. The van der Waals surface area contributed by atoms with Crippen LogP contribution in [0.25, 0.3) is 11.9 Å². The Morgan fingerprint density at radius 3 is 2.61 bits per heavy atom. The second-order valence-corrected chi connectivity index (χ2v) is 13.7. The monoisotopic (exact) mass is 628 g/mol. The SMILES string of the molecule is C=CCCC1(C)CCN(C2N(C(OC(C)(C)C)C(=O)O)C(C)=Cc3cc(-n4cc(Cc5cccc(OCC=C)c5)cn4)nn32)CC1. The molecule has 3 aromatic rings. The van der Waals surface area contributed by atoms with Gasteiger partial charge < -0.3 is 19.5 Å². The zero-order valence-corrected chi connectivity index (χ0v) is 27.9. The van der Waals surface area contributed by atoms with E-state index in [0.717, 1.165) is 67.0 Å². The average Bonchev–Trinajstić information content (AvgIpc) is 3.64. The standard InChI is InChI=1S/C36H48N6O4/c1-8-10-14-36(7)15-17-39(18-16-36)34-41(32(33(43)44)46-35(4,5)6)26(3)20-29-23-31(38-42(29)34)40-25-28(24-37-40)21-27-12-11-13-30(22-27)45-19-9-2/h8-9,11-13,20,22-25,32,34H,1-2,10,14-19,21H2,3-7H3,(H,43,44). The number of ether oxygens (including phenoxy) is 2. The number of carboxylic acid groups (broad SMARTS) is 1. The first-order valence-corrected chi connectivity index (χ1v) is 16.1. The molecule has 0 spiro atoms. The van der Waals surface area contributed by atoms with Crippen LogP contribution >= 0.6 is 0 Å². The molecular weight excluding hydrogens is 580 g/mol. The van der Waals surface area contributed by atoms with E-state index in [1.165, 1.54) is 0 Å². The summed E-state index contributed by atoms with van der Waals surface area (Å²) in [6.07, 6.45) is 12.6. The van der Waals surface area contributed by atoms with E-state index in [2.05, 4.69) is 36.1 Å². The molecule has 0 bridgehead atoms. The number of hydrogen-bond acceptors (Lipinski definition) is 7. The Bertz CT molecular complexity index is 1570. The maximum Gasteiger partial charge on any atom is 0.354 e. The average molecular weight is 629 g/mol. The summed E-state index contributed by atoms with van der Waals surface area (Å²) in [5, 5.41) is 20.1. The van der Waals surface area contributed by atoms with Crippen molar-refractivity contribution in [2.45, 2.75) is 84.8 Å². The fourth-order valence-electron chi connectivity index (χ4n) is 6.29. The van der Waals surface area contributed by atoms with Crippen LogP contribution < -0.4 is 4.74 Å². The molecule has 2 aromatic heterocycles. The summed E-state index contributed by atoms with van der Waals surface area (Å²) in [5.41, 5.74) is 3.39. The lowest BCUT2D eigenvalue weighted by Crippen LogP contribution is -2.57. The topological polar surface area (TPSA) is 97.9 Å². The fraction of sp³-hybridized carbons (Fsp3) is 0.472. The zero-order chi connectivity index (χ0) is 33.1. The molecule has 1 aromatic carbocycles. The van der Waals surface area contributed by atoms with Crippen molar-refractivity contribution in [1.29, 1.82) is 0 Å². The molecule has 2 unspecified atom stereocenters. The van der Waals surface area contributed by atoms with E-state index in [1.54, 1.807) is 10.8 Å². The van der Waals surface area contributed by atoms with Crippen LogP contribution in [0.2, 0.25) is 0 Å². The molecule has 46 heavy (non-hydrogen) atoms. The third kappa shape index (κ3) is 7.62. The van der Waals surface area contributed by atoms with E-state index in [0.29, 0.717) is 18.8 Å². The first-order valence-electron chi connectivity index (χ1n) is 16.1. The van der Waals surface area contributed by atoms with Gasteiger partial charge in [0.25, 0.3) is 0 Å². The van der Waals surface area contributed by atoms with Crippen LogP contribution in [-0.2, 0) is 16.0 Å². The number of aliphatic carboxylic acids is 1. The number of benzene rings is 1. The van der Waals surface area contributed by atoms with Crippen LogP contribution in [0, 0.1) is 5.41 Å². The van der Waals surface area contributed by atoms with Gasteiger partial charge in [-0.2, -0.15) is 5.10 Å². The lowest BCUT2D eigenvalue weighted by atomic mass is 9.76. The molecule has 10 nitrogen and oxygen atoms in total. The summed E-state index contributed by atoms with van der Waals surface area (Å²) >= 11 is 0. The summed E-state index contributed by atoms with van der Waals surface area (Å²) in [4.78, 5) is 17.0. The van der Waals surface area contributed by atoms with Crippen LogP contribution in [0.3, 0.4) is 0 Å². The van der Waals surface area contributed by atoms with Crippen molar-refractivity contribution in [3.05, 3.63) is 90.6 Å². The van der Waals surface area contributed by atoms with E-state index in [9.17, 15) is 9.90 Å². The number of likely N-dealkylation sites (tertiary alicyclic amines) is 1. The third-order valence-electron chi connectivity index (χ3n) is 8.74. The van der Waals surface area contributed by atoms with Gasteiger partial charge in [-0.3, -0.25) is 4.90 Å². The van der Waals surface area contributed by atoms with Crippen LogP contribution in [-0.4, -0.2) is 72.0 Å². The van der Waals surface area contributed by atoms with E-state index in [1.807, 2.05) is 86.1 Å². The van der Waals surface area contributed by atoms with Gasteiger partial charge in [-0.05, 0) is 88.1 Å². The summed E-state index contributed by atoms with van der Waals surface area (Å²) in [6.45, 7) is 19.6. The highest BCUT2D eigenvalue weighted by Gasteiger charge is 2.44. The molecule has 5 rings (SSSR count). The van der Waals surface area contributed by atoms with Gasteiger partial charge >= 0.3 is 5.97 Å². The molecule has 0 radical (unpaired) electrons. The van der Waals surface area contributed by atoms with Crippen molar-refractivity contribution >= 4 is 12.0 Å². The number of aromatic nitrogens is 4. The van der Waals surface area contributed by atoms with E-state index in [4.69, 9.17) is 14.6 Å². The Morgan fingerprint density at radius 1 is 1.17 bits per heavy atom. The minimum Gasteiger partial charge on any atom is -0.490 e. The highest BCUT2D eigenvalue weighted by molar-refractivity contribution is 5.73. The van der Waals surface area contributed by atoms with E-state index in [-0.39, 0.29) is 5.41 Å². The van der Waals surface area contributed by atoms with Crippen molar-refractivity contribution in [3.63, 3.8) is 0 Å². The summed E-state index contributed by atoms with van der Waals surface area (Å²) < 4.78 is 15.6. The summed E-state index contributed by atoms with van der Waals surface area (Å²) in [5.74, 6) is 0.432. The lowest BCUT2D eigenvalue weighted by Gasteiger charge is -2.50. The number of carbonyl (C=O) groups is 1. The number of fused-ring (bicyclic) bond motifs is 1. The molecule has 10 heteroatoms. The van der Waals surface area contributed by atoms with Crippen molar-refractivity contribution in [1.82, 2.24) is 29.4 Å². The molecule has 0 amide bonds. The van der Waals surface area contributed by atoms with Crippen molar-refractivity contribution in [2.75, 3.05) is 19.7 Å². The summed E-state index contributed by atoms with van der Waals surface area (Å²) in [6, 6.07) is 10.0. The van der Waals surface area contributed by atoms with Crippen LogP contribution in [0.1, 0.15) is 83.4 Å². The number of carboxylic acids is 1. The number of piperidine rings is 1. The minimum atomic E-state index is -1.20. The number of hydrogen-bond donors (Lipinski definition) is 1. The molecule has 2 atom stereocenters. The van der Waals surface area contributed by atoms with Gasteiger partial charge in [-0.15, -0.1) is 11.7 Å². The molecule has 246 valence electrons.